The highest BCUT2D eigenvalue weighted by atomic mass is 16.5. The van der Waals surface area contributed by atoms with Gasteiger partial charge in [-0.3, -0.25) is 9.59 Å². The molecule has 2 heterocycles. The van der Waals surface area contributed by atoms with E-state index >= 15 is 0 Å². The van der Waals surface area contributed by atoms with Gasteiger partial charge < -0.3 is 14.5 Å². The Morgan fingerprint density at radius 3 is 2.32 bits per heavy atom. The Labute approximate surface area is 165 Å². The van der Waals surface area contributed by atoms with E-state index in [0.29, 0.717) is 25.1 Å². The lowest BCUT2D eigenvalue weighted by molar-refractivity contribution is -0.126. The van der Waals surface area contributed by atoms with Crippen molar-refractivity contribution in [3.63, 3.8) is 0 Å². The Kier molecular flexibility index (Phi) is 4.84. The fourth-order valence-electron chi connectivity index (χ4n) is 4.48. The minimum absolute atomic E-state index is 0.0658. The molecule has 5 nitrogen and oxygen atoms in total. The summed E-state index contributed by atoms with van der Waals surface area (Å²) in [6.45, 7) is 2.25. The third-order valence-corrected chi connectivity index (χ3v) is 6.19. The number of benzene rings is 2. The molecule has 0 N–H and O–H groups in total. The Bertz CT molecular complexity index is 883. The minimum Gasteiger partial charge on any atom is -0.496 e. The van der Waals surface area contributed by atoms with Crippen LogP contribution >= 0.6 is 0 Å². The normalized spacial score (nSPS) is 18.6. The van der Waals surface area contributed by atoms with Crippen molar-refractivity contribution >= 4 is 11.8 Å². The molecule has 2 aromatic carbocycles. The van der Waals surface area contributed by atoms with E-state index in [9.17, 15) is 9.59 Å². The van der Waals surface area contributed by atoms with Crippen LogP contribution in [0, 0.1) is 5.41 Å². The fraction of sp³-hybridized carbons (Fsp3) is 0.391. The maximum Gasteiger partial charge on any atom is 0.253 e. The number of para-hydroxylation sites is 1. The highest BCUT2D eigenvalue weighted by molar-refractivity contribution is 5.95. The standard InChI is InChI=1S/C23H26N2O3/c1-24-16-23(15-21(24)26)11-13-25(14-12-23)22(27)18-9-7-17(8-10-18)19-5-3-4-6-20(19)28-2/h3-10H,11-16H2,1-2H3. The molecule has 2 saturated heterocycles. The van der Waals surface area contributed by atoms with Crippen LogP contribution in [0.15, 0.2) is 48.5 Å². The van der Waals surface area contributed by atoms with E-state index in [4.69, 9.17) is 4.74 Å². The summed E-state index contributed by atoms with van der Waals surface area (Å²) >= 11 is 0. The SMILES string of the molecule is COc1ccccc1-c1ccc(C(=O)N2CCC3(CC2)CC(=O)N(C)C3)cc1. The maximum atomic E-state index is 12.9. The van der Waals surface area contributed by atoms with Gasteiger partial charge in [-0.25, -0.2) is 0 Å². The summed E-state index contributed by atoms with van der Waals surface area (Å²) in [5.74, 6) is 1.12. The number of methoxy groups -OCH3 is 1. The molecule has 0 unspecified atom stereocenters. The first-order valence-corrected chi connectivity index (χ1v) is 9.78. The summed E-state index contributed by atoms with van der Waals surface area (Å²) in [6.07, 6.45) is 2.42. The van der Waals surface area contributed by atoms with Crippen molar-refractivity contribution < 1.29 is 14.3 Å². The highest BCUT2D eigenvalue weighted by Crippen LogP contribution is 2.40. The number of rotatable bonds is 3. The van der Waals surface area contributed by atoms with Crippen LogP contribution in [0.4, 0.5) is 0 Å². The number of nitrogens with zero attached hydrogens (tertiary/aromatic N) is 2. The molecule has 0 atom stereocenters. The first kappa shape index (κ1) is 18.5. The molecular formula is C23H26N2O3. The summed E-state index contributed by atoms with van der Waals surface area (Å²) in [5.41, 5.74) is 2.81. The molecule has 0 aliphatic carbocycles. The largest absolute Gasteiger partial charge is 0.496 e. The first-order valence-electron chi connectivity index (χ1n) is 9.78. The second kappa shape index (κ2) is 7.30. The smallest absolute Gasteiger partial charge is 0.253 e. The van der Waals surface area contributed by atoms with Gasteiger partial charge >= 0.3 is 0 Å². The zero-order valence-electron chi connectivity index (χ0n) is 16.5. The average molecular weight is 378 g/mol. The molecule has 0 radical (unpaired) electrons. The summed E-state index contributed by atoms with van der Waals surface area (Å²) in [4.78, 5) is 28.6. The molecule has 0 aromatic heterocycles. The number of likely N-dealkylation sites (tertiary alicyclic amines) is 2. The van der Waals surface area contributed by atoms with Crippen molar-refractivity contribution in [3.05, 3.63) is 54.1 Å². The number of carbonyl (C=O) groups is 2. The predicted molar refractivity (Wildman–Crippen MR) is 108 cm³/mol. The van der Waals surface area contributed by atoms with E-state index in [0.717, 1.165) is 36.3 Å². The number of carbonyl (C=O) groups excluding carboxylic acids is 2. The van der Waals surface area contributed by atoms with Crippen molar-refractivity contribution in [2.45, 2.75) is 19.3 Å². The van der Waals surface area contributed by atoms with Gasteiger partial charge in [0.05, 0.1) is 7.11 Å². The molecule has 2 aliphatic heterocycles. The number of hydrogen-bond donors (Lipinski definition) is 0. The molecule has 2 fully saturated rings. The second-order valence-corrected chi connectivity index (χ2v) is 8.00. The van der Waals surface area contributed by atoms with Crippen molar-refractivity contribution in [2.75, 3.05) is 33.8 Å². The molecule has 0 saturated carbocycles. The van der Waals surface area contributed by atoms with E-state index in [2.05, 4.69) is 0 Å². The van der Waals surface area contributed by atoms with Crippen LogP contribution in [0.2, 0.25) is 0 Å². The number of ether oxygens (including phenoxy) is 1. The van der Waals surface area contributed by atoms with Gasteiger partial charge in [0.2, 0.25) is 5.91 Å². The van der Waals surface area contributed by atoms with E-state index < -0.39 is 0 Å². The van der Waals surface area contributed by atoms with Gasteiger partial charge in [-0.1, -0.05) is 30.3 Å². The van der Waals surface area contributed by atoms with Gasteiger partial charge in [0.25, 0.3) is 5.91 Å². The van der Waals surface area contributed by atoms with Gasteiger partial charge in [0.15, 0.2) is 0 Å². The van der Waals surface area contributed by atoms with Crippen LogP contribution in [0.25, 0.3) is 11.1 Å². The molecule has 0 bridgehead atoms. The number of amides is 2. The van der Waals surface area contributed by atoms with Crippen molar-refractivity contribution in [1.82, 2.24) is 9.80 Å². The lowest BCUT2D eigenvalue weighted by atomic mass is 9.77. The summed E-state index contributed by atoms with van der Waals surface area (Å²) in [7, 11) is 3.54. The van der Waals surface area contributed by atoms with Crippen LogP contribution in [0.3, 0.4) is 0 Å². The Balaban J connectivity index is 1.44. The second-order valence-electron chi connectivity index (χ2n) is 8.00. The molecule has 2 aliphatic rings. The van der Waals surface area contributed by atoms with E-state index in [1.807, 2.05) is 65.4 Å². The average Bonchev–Trinajstić information content (AvgIpc) is 3.01. The van der Waals surface area contributed by atoms with Crippen LogP contribution in [0.1, 0.15) is 29.6 Å². The van der Waals surface area contributed by atoms with E-state index in [1.54, 1.807) is 7.11 Å². The molecule has 4 rings (SSSR count). The lowest BCUT2D eigenvalue weighted by Gasteiger charge is -2.38. The Morgan fingerprint density at radius 2 is 1.71 bits per heavy atom. The monoisotopic (exact) mass is 378 g/mol. The topological polar surface area (TPSA) is 49.9 Å². The molecule has 1 spiro atoms. The zero-order valence-corrected chi connectivity index (χ0v) is 16.5. The quantitative estimate of drug-likeness (QED) is 0.822. The van der Waals surface area contributed by atoms with Crippen molar-refractivity contribution in [3.8, 4) is 16.9 Å². The molecule has 28 heavy (non-hydrogen) atoms. The summed E-state index contributed by atoms with van der Waals surface area (Å²) in [5, 5.41) is 0. The number of hydrogen-bond acceptors (Lipinski definition) is 3. The lowest BCUT2D eigenvalue weighted by Crippen LogP contribution is -2.44. The Morgan fingerprint density at radius 1 is 1.04 bits per heavy atom. The van der Waals surface area contributed by atoms with Crippen molar-refractivity contribution in [2.24, 2.45) is 5.41 Å². The Hall–Kier alpha value is -2.82. The summed E-state index contributed by atoms with van der Waals surface area (Å²) < 4.78 is 5.43. The fourth-order valence-corrected chi connectivity index (χ4v) is 4.48. The van der Waals surface area contributed by atoms with Gasteiger partial charge in [0, 0.05) is 49.6 Å². The van der Waals surface area contributed by atoms with E-state index in [-0.39, 0.29) is 17.2 Å². The number of piperidine rings is 1. The van der Waals surface area contributed by atoms with Crippen LogP contribution in [-0.4, -0.2) is 55.4 Å². The minimum atomic E-state index is 0.0658. The molecule has 146 valence electrons. The molecule has 5 heteroatoms. The third-order valence-electron chi connectivity index (χ3n) is 6.19. The highest BCUT2D eigenvalue weighted by Gasteiger charge is 2.44. The molecule has 2 aromatic rings. The summed E-state index contributed by atoms with van der Waals surface area (Å²) in [6, 6.07) is 15.6. The van der Waals surface area contributed by atoms with Gasteiger partial charge in [-0.05, 0) is 36.6 Å². The molecular weight excluding hydrogens is 352 g/mol. The van der Waals surface area contributed by atoms with Crippen molar-refractivity contribution in [1.29, 1.82) is 0 Å². The van der Waals surface area contributed by atoms with Gasteiger partial charge in [0.1, 0.15) is 5.75 Å². The van der Waals surface area contributed by atoms with Crippen LogP contribution < -0.4 is 4.74 Å². The molecule has 2 amide bonds. The van der Waals surface area contributed by atoms with Gasteiger partial charge in [-0.15, -0.1) is 0 Å². The maximum absolute atomic E-state index is 12.9. The first-order chi connectivity index (χ1) is 13.5. The third kappa shape index (κ3) is 3.37. The van der Waals surface area contributed by atoms with Crippen LogP contribution in [-0.2, 0) is 4.79 Å². The van der Waals surface area contributed by atoms with E-state index in [1.165, 1.54) is 0 Å². The van der Waals surface area contributed by atoms with Crippen LogP contribution in [0.5, 0.6) is 5.75 Å². The predicted octanol–water partition coefficient (Wildman–Crippen LogP) is 3.45. The zero-order chi connectivity index (χ0) is 19.7. The van der Waals surface area contributed by atoms with Gasteiger partial charge in [-0.2, -0.15) is 0 Å².